The van der Waals surface area contributed by atoms with Gasteiger partial charge < -0.3 is 19.0 Å². The topological polar surface area (TPSA) is 39.2 Å². The average molecular weight is 264 g/mol. The Hall–Kier alpha value is -1.33. The molecule has 5 heteroatoms. The number of nitrogens with zero attached hydrogens (tertiary/aromatic N) is 1. The number of hydrogen-bond donors (Lipinski definition) is 1. The van der Waals surface area contributed by atoms with Crippen LogP contribution >= 0.6 is 12.2 Å². The largest absolute Gasteiger partial charge is 0.497 e. The number of H-pyrrole nitrogens is 1. The molecule has 4 nitrogen and oxygen atoms in total. The van der Waals surface area contributed by atoms with Crippen molar-refractivity contribution in [1.82, 2.24) is 9.55 Å². The SMILES string of the molecule is COc1ccc2[nH]c(=S)n(C3CC(OC)C3)c2c1. The summed E-state index contributed by atoms with van der Waals surface area (Å²) in [5, 5.41) is 0. The smallest absolute Gasteiger partial charge is 0.178 e. The van der Waals surface area contributed by atoms with Gasteiger partial charge in [0, 0.05) is 19.2 Å². The van der Waals surface area contributed by atoms with Crippen LogP contribution in [0.15, 0.2) is 18.2 Å². The van der Waals surface area contributed by atoms with Gasteiger partial charge in [0.1, 0.15) is 5.75 Å². The number of methoxy groups -OCH3 is 2. The predicted octanol–water partition coefficient (Wildman–Crippen LogP) is 3.06. The lowest BCUT2D eigenvalue weighted by atomic mass is 9.89. The van der Waals surface area contributed by atoms with Crippen LogP contribution in [0, 0.1) is 4.77 Å². The summed E-state index contributed by atoms with van der Waals surface area (Å²) in [5.41, 5.74) is 2.17. The molecule has 0 spiro atoms. The quantitative estimate of drug-likeness (QED) is 0.866. The van der Waals surface area contributed by atoms with E-state index in [0.717, 1.165) is 34.4 Å². The summed E-state index contributed by atoms with van der Waals surface area (Å²) in [7, 11) is 3.44. The van der Waals surface area contributed by atoms with Crippen molar-refractivity contribution in [2.75, 3.05) is 14.2 Å². The van der Waals surface area contributed by atoms with Crippen LogP contribution in [0.1, 0.15) is 18.9 Å². The second-order valence-electron chi connectivity index (χ2n) is 4.67. The van der Waals surface area contributed by atoms with Gasteiger partial charge in [-0.3, -0.25) is 0 Å². The maximum absolute atomic E-state index is 5.41. The standard InChI is InChI=1S/C13H16N2O2S/c1-16-9-3-4-11-12(7-9)15(13(18)14-11)8-5-10(6-8)17-2/h3-4,7-8,10H,5-6H2,1-2H3,(H,14,18). The van der Waals surface area contributed by atoms with Gasteiger partial charge >= 0.3 is 0 Å². The van der Waals surface area contributed by atoms with Gasteiger partial charge in [0.15, 0.2) is 4.77 Å². The van der Waals surface area contributed by atoms with Crippen molar-refractivity contribution in [3.63, 3.8) is 0 Å². The van der Waals surface area contributed by atoms with E-state index in [4.69, 9.17) is 21.7 Å². The molecular formula is C13H16N2O2S. The molecule has 0 saturated heterocycles. The average Bonchev–Trinajstić information content (AvgIpc) is 2.64. The first-order chi connectivity index (χ1) is 8.72. The van der Waals surface area contributed by atoms with Crippen LogP contribution in [0.5, 0.6) is 5.75 Å². The van der Waals surface area contributed by atoms with E-state index < -0.39 is 0 Å². The van der Waals surface area contributed by atoms with Gasteiger partial charge in [0.2, 0.25) is 0 Å². The highest BCUT2D eigenvalue weighted by Gasteiger charge is 2.31. The number of nitrogens with one attached hydrogen (secondary N) is 1. The van der Waals surface area contributed by atoms with Crippen LogP contribution < -0.4 is 4.74 Å². The van der Waals surface area contributed by atoms with Crippen molar-refractivity contribution in [2.24, 2.45) is 0 Å². The fraction of sp³-hybridized carbons (Fsp3) is 0.462. The third kappa shape index (κ3) is 1.74. The Morgan fingerprint density at radius 2 is 2.11 bits per heavy atom. The molecule has 1 aromatic heterocycles. The Morgan fingerprint density at radius 3 is 2.78 bits per heavy atom. The molecule has 1 heterocycles. The molecule has 2 aromatic rings. The molecule has 1 aliphatic rings. The van der Waals surface area contributed by atoms with E-state index in [1.54, 1.807) is 14.2 Å². The fourth-order valence-electron chi connectivity index (χ4n) is 2.53. The number of fused-ring (bicyclic) bond motifs is 1. The molecule has 0 atom stereocenters. The lowest BCUT2D eigenvalue weighted by Gasteiger charge is -2.35. The van der Waals surface area contributed by atoms with Crippen LogP contribution in [0.25, 0.3) is 11.0 Å². The Morgan fingerprint density at radius 1 is 1.33 bits per heavy atom. The summed E-state index contributed by atoms with van der Waals surface area (Å²) < 4.78 is 13.6. The van der Waals surface area contributed by atoms with Crippen molar-refractivity contribution in [3.8, 4) is 5.75 Å². The number of hydrogen-bond acceptors (Lipinski definition) is 3. The van der Waals surface area contributed by atoms with Crippen molar-refractivity contribution < 1.29 is 9.47 Å². The minimum Gasteiger partial charge on any atom is -0.497 e. The maximum atomic E-state index is 5.41. The molecule has 0 radical (unpaired) electrons. The number of imidazole rings is 1. The van der Waals surface area contributed by atoms with Crippen LogP contribution in [-0.4, -0.2) is 29.9 Å². The zero-order chi connectivity index (χ0) is 12.7. The first-order valence-corrected chi connectivity index (χ1v) is 6.45. The first-order valence-electron chi connectivity index (χ1n) is 6.04. The first kappa shape index (κ1) is 11.7. The zero-order valence-electron chi connectivity index (χ0n) is 10.5. The van der Waals surface area contributed by atoms with Gasteiger partial charge in [-0.2, -0.15) is 0 Å². The molecule has 1 fully saturated rings. The van der Waals surface area contributed by atoms with Crippen molar-refractivity contribution in [2.45, 2.75) is 25.0 Å². The van der Waals surface area contributed by atoms with Gasteiger partial charge in [-0.1, -0.05) is 0 Å². The second kappa shape index (κ2) is 4.40. The van der Waals surface area contributed by atoms with E-state index in [9.17, 15) is 0 Å². The second-order valence-corrected chi connectivity index (χ2v) is 5.05. The highest BCUT2D eigenvalue weighted by molar-refractivity contribution is 7.71. The number of aromatic nitrogens is 2. The molecule has 0 bridgehead atoms. The van der Waals surface area contributed by atoms with E-state index >= 15 is 0 Å². The van der Waals surface area contributed by atoms with Gasteiger partial charge in [-0.15, -0.1) is 0 Å². The van der Waals surface area contributed by atoms with Gasteiger partial charge in [-0.25, -0.2) is 0 Å². The molecule has 18 heavy (non-hydrogen) atoms. The number of rotatable bonds is 3. The molecule has 0 amide bonds. The van der Waals surface area contributed by atoms with Crippen molar-refractivity contribution >= 4 is 23.3 Å². The summed E-state index contributed by atoms with van der Waals surface area (Å²) >= 11 is 5.41. The number of benzene rings is 1. The molecule has 0 aliphatic heterocycles. The summed E-state index contributed by atoms with van der Waals surface area (Å²) in [6, 6.07) is 6.41. The molecular weight excluding hydrogens is 248 g/mol. The Balaban J connectivity index is 2.05. The molecule has 1 N–H and O–H groups in total. The summed E-state index contributed by atoms with van der Waals surface area (Å²) in [4.78, 5) is 3.24. The number of ether oxygens (including phenoxy) is 2. The van der Waals surface area contributed by atoms with Gasteiger partial charge in [-0.05, 0) is 37.2 Å². The number of aromatic amines is 1. The van der Waals surface area contributed by atoms with Crippen LogP contribution in [0.4, 0.5) is 0 Å². The monoisotopic (exact) mass is 264 g/mol. The maximum Gasteiger partial charge on any atom is 0.178 e. The third-order valence-electron chi connectivity index (χ3n) is 3.69. The molecule has 1 aliphatic carbocycles. The Labute approximate surface area is 111 Å². The molecule has 3 rings (SSSR count). The van der Waals surface area contributed by atoms with E-state index in [1.807, 2.05) is 18.2 Å². The summed E-state index contributed by atoms with van der Waals surface area (Å²) in [5.74, 6) is 0.855. The molecule has 0 unspecified atom stereocenters. The van der Waals surface area contributed by atoms with Gasteiger partial charge in [0.05, 0.1) is 24.2 Å². The minimum atomic E-state index is 0.368. The fourth-order valence-corrected chi connectivity index (χ4v) is 2.89. The van der Waals surface area contributed by atoms with Crippen molar-refractivity contribution in [1.29, 1.82) is 0 Å². The molecule has 96 valence electrons. The Kier molecular flexibility index (Phi) is 2.87. The van der Waals surface area contributed by atoms with Gasteiger partial charge in [0.25, 0.3) is 0 Å². The Bertz CT molecular complexity index is 625. The third-order valence-corrected chi connectivity index (χ3v) is 3.99. The lowest BCUT2D eigenvalue weighted by Crippen LogP contribution is -2.32. The van der Waals surface area contributed by atoms with Crippen LogP contribution in [0.2, 0.25) is 0 Å². The van der Waals surface area contributed by atoms with Crippen molar-refractivity contribution in [3.05, 3.63) is 23.0 Å². The summed E-state index contributed by atoms with van der Waals surface area (Å²) in [6.45, 7) is 0. The lowest BCUT2D eigenvalue weighted by molar-refractivity contribution is 0.00697. The normalized spacial score (nSPS) is 23.0. The summed E-state index contributed by atoms with van der Waals surface area (Å²) in [6.07, 6.45) is 2.41. The van der Waals surface area contributed by atoms with Crippen LogP contribution in [-0.2, 0) is 4.74 Å². The van der Waals surface area contributed by atoms with Crippen LogP contribution in [0.3, 0.4) is 0 Å². The molecule has 1 aromatic carbocycles. The zero-order valence-corrected chi connectivity index (χ0v) is 11.3. The minimum absolute atomic E-state index is 0.368. The highest BCUT2D eigenvalue weighted by atomic mass is 32.1. The predicted molar refractivity (Wildman–Crippen MR) is 72.7 cm³/mol. The van der Waals surface area contributed by atoms with E-state index in [0.29, 0.717) is 12.1 Å². The van der Waals surface area contributed by atoms with E-state index in [-0.39, 0.29) is 0 Å². The van der Waals surface area contributed by atoms with E-state index in [2.05, 4.69) is 9.55 Å². The highest BCUT2D eigenvalue weighted by Crippen LogP contribution is 2.37. The van der Waals surface area contributed by atoms with E-state index in [1.165, 1.54) is 0 Å². The molecule has 1 saturated carbocycles.